The molecule has 0 saturated carbocycles. The third-order valence-corrected chi connectivity index (χ3v) is 2.22. The number of Topliss-reactive ketones (excluding diaryl/α,β-unsaturated/α-hetero) is 1. The van der Waals surface area contributed by atoms with Crippen molar-refractivity contribution in [3.8, 4) is 11.5 Å². The summed E-state index contributed by atoms with van der Waals surface area (Å²) >= 11 is 3.04. The van der Waals surface area contributed by atoms with E-state index < -0.39 is 17.2 Å². The van der Waals surface area contributed by atoms with Gasteiger partial charge < -0.3 is 9.84 Å². The van der Waals surface area contributed by atoms with Crippen LogP contribution < -0.4 is 4.74 Å². The molecule has 3 nitrogen and oxygen atoms in total. The number of ether oxygens (including phenoxy) is 1. The van der Waals surface area contributed by atoms with Gasteiger partial charge in [-0.3, -0.25) is 4.79 Å². The Kier molecular flexibility index (Phi) is 4.23. The van der Waals surface area contributed by atoms with E-state index in [9.17, 15) is 13.6 Å². The van der Waals surface area contributed by atoms with Crippen LogP contribution in [0.15, 0.2) is 18.2 Å². The van der Waals surface area contributed by atoms with Crippen molar-refractivity contribution in [1.29, 1.82) is 0 Å². The number of carbonyl (C=O) groups excluding carboxylic acids is 1. The van der Waals surface area contributed by atoms with E-state index in [1.807, 2.05) is 0 Å². The fraction of sp³-hybridized carbons (Fsp3) is 0.300. The minimum atomic E-state index is -3.04. The van der Waals surface area contributed by atoms with Gasteiger partial charge in [0.1, 0.15) is 11.5 Å². The summed E-state index contributed by atoms with van der Waals surface area (Å²) < 4.78 is 28.3. The Morgan fingerprint density at radius 3 is 2.62 bits per heavy atom. The predicted molar refractivity (Wildman–Crippen MR) is 57.5 cm³/mol. The van der Waals surface area contributed by atoms with Crippen LogP contribution in [-0.4, -0.2) is 22.3 Å². The molecular formula is C10H9BrF2O3. The van der Waals surface area contributed by atoms with Gasteiger partial charge in [0.2, 0.25) is 0 Å². The summed E-state index contributed by atoms with van der Waals surface area (Å²) in [4.78, 5) is 11.1. The molecule has 1 unspecified atom stereocenters. The average molecular weight is 295 g/mol. The van der Waals surface area contributed by atoms with Crippen molar-refractivity contribution in [3.05, 3.63) is 23.8 Å². The van der Waals surface area contributed by atoms with Gasteiger partial charge in [-0.05, 0) is 19.1 Å². The van der Waals surface area contributed by atoms with E-state index in [-0.39, 0.29) is 17.1 Å². The van der Waals surface area contributed by atoms with Crippen molar-refractivity contribution in [3.63, 3.8) is 0 Å². The molecule has 0 fully saturated rings. The largest absolute Gasteiger partial charge is 0.508 e. The minimum Gasteiger partial charge on any atom is -0.508 e. The molecule has 16 heavy (non-hydrogen) atoms. The monoisotopic (exact) mass is 294 g/mol. The van der Waals surface area contributed by atoms with Crippen LogP contribution in [0.4, 0.5) is 8.78 Å². The number of benzene rings is 1. The van der Waals surface area contributed by atoms with E-state index in [2.05, 4.69) is 20.7 Å². The van der Waals surface area contributed by atoms with Crippen molar-refractivity contribution in [2.24, 2.45) is 0 Å². The van der Waals surface area contributed by atoms with Gasteiger partial charge in [-0.1, -0.05) is 15.9 Å². The second kappa shape index (κ2) is 5.25. The Morgan fingerprint density at radius 1 is 1.50 bits per heavy atom. The highest BCUT2D eigenvalue weighted by atomic mass is 79.9. The summed E-state index contributed by atoms with van der Waals surface area (Å²) in [7, 11) is 0. The lowest BCUT2D eigenvalue weighted by molar-refractivity contribution is -0.0502. The first-order valence-electron chi connectivity index (χ1n) is 4.38. The van der Waals surface area contributed by atoms with Gasteiger partial charge in [-0.15, -0.1) is 0 Å². The molecule has 1 aromatic rings. The van der Waals surface area contributed by atoms with E-state index in [4.69, 9.17) is 5.11 Å². The molecule has 0 aliphatic rings. The molecule has 0 radical (unpaired) electrons. The summed E-state index contributed by atoms with van der Waals surface area (Å²) in [5.74, 6) is -0.962. The summed E-state index contributed by atoms with van der Waals surface area (Å²) in [5, 5.41) is 9.12. The van der Waals surface area contributed by atoms with Gasteiger partial charge in [0.05, 0.1) is 10.4 Å². The van der Waals surface area contributed by atoms with E-state index in [0.717, 1.165) is 6.07 Å². The SMILES string of the molecule is CC(Br)C(=O)c1ccc(O)cc1OC(F)F. The first kappa shape index (κ1) is 12.9. The topological polar surface area (TPSA) is 46.5 Å². The second-order valence-corrected chi connectivity index (χ2v) is 4.41. The van der Waals surface area contributed by atoms with Crippen LogP contribution in [0.1, 0.15) is 17.3 Å². The van der Waals surface area contributed by atoms with Crippen LogP contribution in [0.2, 0.25) is 0 Å². The molecule has 0 aromatic heterocycles. The molecular weight excluding hydrogens is 286 g/mol. The fourth-order valence-electron chi connectivity index (χ4n) is 1.12. The van der Waals surface area contributed by atoms with E-state index in [0.29, 0.717) is 0 Å². The third kappa shape index (κ3) is 3.16. The van der Waals surface area contributed by atoms with Gasteiger partial charge in [0.15, 0.2) is 5.78 Å². The number of carbonyl (C=O) groups is 1. The number of hydrogen-bond donors (Lipinski definition) is 1. The molecule has 88 valence electrons. The summed E-state index contributed by atoms with van der Waals surface area (Å²) in [6.45, 7) is -1.47. The Labute approximate surface area is 99.2 Å². The zero-order valence-electron chi connectivity index (χ0n) is 8.28. The highest BCUT2D eigenvalue weighted by Gasteiger charge is 2.19. The van der Waals surface area contributed by atoms with E-state index in [1.54, 1.807) is 6.92 Å². The number of phenolic OH excluding ortho intramolecular Hbond substituents is 1. The standard InChI is InChI=1S/C10H9BrF2O3/c1-5(11)9(15)7-3-2-6(14)4-8(7)16-10(12)13/h2-5,10,14H,1H3. The van der Waals surface area contributed by atoms with Gasteiger partial charge in [-0.25, -0.2) is 0 Å². The van der Waals surface area contributed by atoms with Crippen LogP contribution in [0.5, 0.6) is 11.5 Å². The fourth-order valence-corrected chi connectivity index (χ4v) is 1.37. The van der Waals surface area contributed by atoms with E-state index in [1.165, 1.54) is 12.1 Å². The number of halogens is 3. The number of rotatable bonds is 4. The van der Waals surface area contributed by atoms with Crippen molar-refractivity contribution in [2.45, 2.75) is 18.4 Å². The average Bonchev–Trinajstić information content (AvgIpc) is 2.15. The molecule has 1 aromatic carbocycles. The van der Waals surface area contributed by atoms with Crippen molar-refractivity contribution >= 4 is 21.7 Å². The highest BCUT2D eigenvalue weighted by molar-refractivity contribution is 9.10. The molecule has 0 aliphatic heterocycles. The molecule has 1 rings (SSSR count). The Bertz CT molecular complexity index is 394. The third-order valence-electron chi connectivity index (χ3n) is 1.81. The zero-order chi connectivity index (χ0) is 12.3. The number of ketones is 1. The number of aromatic hydroxyl groups is 1. The Balaban J connectivity index is 3.12. The minimum absolute atomic E-state index is 0.00229. The first-order valence-corrected chi connectivity index (χ1v) is 5.29. The molecule has 1 N–H and O–H groups in total. The van der Waals surface area contributed by atoms with Crippen molar-refractivity contribution in [2.75, 3.05) is 0 Å². The quantitative estimate of drug-likeness (QED) is 0.686. The summed E-state index contributed by atoms with van der Waals surface area (Å²) in [6.07, 6.45) is 0. The maximum atomic E-state index is 12.1. The van der Waals surface area contributed by atoms with Gasteiger partial charge in [0.25, 0.3) is 0 Å². The molecule has 6 heteroatoms. The molecule has 1 atom stereocenters. The Hall–Kier alpha value is -1.17. The number of phenols is 1. The summed E-state index contributed by atoms with van der Waals surface area (Å²) in [6, 6.07) is 3.46. The molecule has 0 saturated heterocycles. The maximum Gasteiger partial charge on any atom is 0.387 e. The van der Waals surface area contributed by atoms with Gasteiger partial charge >= 0.3 is 6.61 Å². The van der Waals surface area contributed by atoms with Crippen LogP contribution in [0.25, 0.3) is 0 Å². The van der Waals surface area contributed by atoms with Gasteiger partial charge in [-0.2, -0.15) is 8.78 Å². The number of hydrogen-bond acceptors (Lipinski definition) is 3. The smallest absolute Gasteiger partial charge is 0.387 e. The lowest BCUT2D eigenvalue weighted by Crippen LogP contribution is -2.13. The van der Waals surface area contributed by atoms with Gasteiger partial charge in [0, 0.05) is 6.07 Å². The van der Waals surface area contributed by atoms with E-state index >= 15 is 0 Å². The van der Waals surface area contributed by atoms with Crippen molar-refractivity contribution in [1.82, 2.24) is 0 Å². The molecule has 0 bridgehead atoms. The van der Waals surface area contributed by atoms with Crippen LogP contribution in [0.3, 0.4) is 0 Å². The lowest BCUT2D eigenvalue weighted by Gasteiger charge is -2.11. The second-order valence-electron chi connectivity index (χ2n) is 3.04. The maximum absolute atomic E-state index is 12.1. The Morgan fingerprint density at radius 2 is 2.12 bits per heavy atom. The number of alkyl halides is 3. The van der Waals surface area contributed by atoms with Crippen LogP contribution in [-0.2, 0) is 0 Å². The van der Waals surface area contributed by atoms with Crippen molar-refractivity contribution < 1.29 is 23.4 Å². The molecule has 0 amide bonds. The predicted octanol–water partition coefficient (Wildman–Crippen LogP) is 2.96. The lowest BCUT2D eigenvalue weighted by atomic mass is 10.1. The van der Waals surface area contributed by atoms with Crippen LogP contribution in [0, 0.1) is 0 Å². The highest BCUT2D eigenvalue weighted by Crippen LogP contribution is 2.27. The molecule has 0 heterocycles. The first-order chi connectivity index (χ1) is 7.41. The normalized spacial score (nSPS) is 12.6. The molecule has 0 aliphatic carbocycles. The zero-order valence-corrected chi connectivity index (χ0v) is 9.87. The summed E-state index contributed by atoms with van der Waals surface area (Å²) in [5.41, 5.74) is 0.00229. The molecule has 0 spiro atoms. The van der Waals surface area contributed by atoms with Crippen LogP contribution >= 0.6 is 15.9 Å².